The third-order valence-corrected chi connectivity index (χ3v) is 4.71. The van der Waals surface area contributed by atoms with Crippen LogP contribution in [0.4, 0.5) is 0 Å². The summed E-state index contributed by atoms with van der Waals surface area (Å²) in [5.74, 6) is 0.949. The van der Waals surface area contributed by atoms with Gasteiger partial charge >= 0.3 is 0 Å². The molecule has 2 heterocycles. The van der Waals surface area contributed by atoms with E-state index < -0.39 is 0 Å². The minimum Gasteiger partial charge on any atom is -0.330 e. The highest BCUT2D eigenvalue weighted by atomic mass is 32.2. The molecule has 18 heavy (non-hydrogen) atoms. The number of hydrogen-bond acceptors (Lipinski definition) is 5. The largest absolute Gasteiger partial charge is 0.330 e. The maximum atomic E-state index is 5.54. The second-order valence-electron chi connectivity index (χ2n) is 4.06. The van der Waals surface area contributed by atoms with Gasteiger partial charge in [0, 0.05) is 22.6 Å². The van der Waals surface area contributed by atoms with E-state index in [-0.39, 0.29) is 0 Å². The van der Waals surface area contributed by atoms with Gasteiger partial charge in [0.2, 0.25) is 0 Å². The number of thioether (sulfide) groups is 1. The van der Waals surface area contributed by atoms with Gasteiger partial charge in [-0.25, -0.2) is 4.98 Å². The first kappa shape index (κ1) is 13.5. The van der Waals surface area contributed by atoms with Crippen molar-refractivity contribution in [1.82, 2.24) is 9.97 Å². The lowest BCUT2D eigenvalue weighted by Gasteiger charge is -2.07. The van der Waals surface area contributed by atoms with Crippen LogP contribution in [0.5, 0.6) is 0 Å². The van der Waals surface area contributed by atoms with Crippen molar-refractivity contribution in [1.29, 1.82) is 0 Å². The van der Waals surface area contributed by atoms with Crippen molar-refractivity contribution >= 4 is 23.1 Å². The minimum atomic E-state index is 0.593. The van der Waals surface area contributed by atoms with Crippen LogP contribution in [-0.4, -0.2) is 21.8 Å². The quantitative estimate of drug-likeness (QED) is 0.882. The molecule has 2 N–H and O–H groups in total. The maximum absolute atomic E-state index is 5.54. The van der Waals surface area contributed by atoms with Crippen molar-refractivity contribution in [3.05, 3.63) is 35.5 Å². The number of hydrogen-bond donors (Lipinski definition) is 1. The number of aromatic nitrogens is 2. The highest BCUT2D eigenvalue weighted by Gasteiger charge is 2.07. The predicted molar refractivity (Wildman–Crippen MR) is 79.8 cm³/mol. The molecule has 0 aliphatic heterocycles. The van der Waals surface area contributed by atoms with Gasteiger partial charge in [0.1, 0.15) is 5.01 Å². The van der Waals surface area contributed by atoms with Crippen molar-refractivity contribution in [2.45, 2.75) is 24.3 Å². The number of pyridine rings is 1. The molecule has 5 heteroatoms. The first-order chi connectivity index (χ1) is 8.79. The highest BCUT2D eigenvalue weighted by Crippen LogP contribution is 2.25. The van der Waals surface area contributed by atoms with Gasteiger partial charge in [-0.1, -0.05) is 13.0 Å². The molecule has 0 bridgehead atoms. The molecule has 3 nitrogen and oxygen atoms in total. The van der Waals surface area contributed by atoms with Crippen LogP contribution in [0, 0.1) is 0 Å². The van der Waals surface area contributed by atoms with Crippen LogP contribution in [0.3, 0.4) is 0 Å². The molecule has 1 unspecified atom stereocenters. The Morgan fingerprint density at radius 1 is 1.44 bits per heavy atom. The zero-order chi connectivity index (χ0) is 12.8. The third-order valence-electron chi connectivity index (χ3n) is 2.52. The van der Waals surface area contributed by atoms with E-state index in [1.54, 1.807) is 17.5 Å². The van der Waals surface area contributed by atoms with E-state index in [1.807, 2.05) is 30.0 Å². The highest BCUT2D eigenvalue weighted by molar-refractivity contribution is 7.99. The van der Waals surface area contributed by atoms with Gasteiger partial charge in [-0.2, -0.15) is 11.8 Å². The summed E-state index contributed by atoms with van der Waals surface area (Å²) in [6, 6.07) is 5.90. The van der Waals surface area contributed by atoms with E-state index in [0.29, 0.717) is 5.25 Å². The molecule has 96 valence electrons. The summed E-state index contributed by atoms with van der Waals surface area (Å²) < 4.78 is 0. The topological polar surface area (TPSA) is 51.8 Å². The molecular formula is C13H17N3S2. The minimum absolute atomic E-state index is 0.593. The van der Waals surface area contributed by atoms with E-state index >= 15 is 0 Å². The van der Waals surface area contributed by atoms with Crippen molar-refractivity contribution in [2.24, 2.45) is 5.73 Å². The van der Waals surface area contributed by atoms with Gasteiger partial charge in [0.05, 0.1) is 11.4 Å². The summed E-state index contributed by atoms with van der Waals surface area (Å²) in [4.78, 5) is 8.93. The summed E-state index contributed by atoms with van der Waals surface area (Å²) >= 11 is 3.56. The fraction of sp³-hybridized carbons (Fsp3) is 0.385. The van der Waals surface area contributed by atoms with Crippen LogP contribution in [-0.2, 0) is 5.75 Å². The average molecular weight is 279 g/mol. The van der Waals surface area contributed by atoms with Gasteiger partial charge in [-0.05, 0) is 25.1 Å². The molecular weight excluding hydrogens is 262 g/mol. The van der Waals surface area contributed by atoms with Crippen molar-refractivity contribution in [3.63, 3.8) is 0 Å². The second-order valence-corrected chi connectivity index (χ2v) is 6.34. The van der Waals surface area contributed by atoms with Crippen LogP contribution < -0.4 is 5.73 Å². The molecule has 0 saturated carbocycles. The van der Waals surface area contributed by atoms with Crippen molar-refractivity contribution in [2.75, 3.05) is 6.54 Å². The lowest BCUT2D eigenvalue weighted by Crippen LogP contribution is -2.07. The molecule has 1 atom stereocenters. The molecule has 0 aromatic carbocycles. The van der Waals surface area contributed by atoms with Crippen LogP contribution in [0.25, 0.3) is 10.7 Å². The summed E-state index contributed by atoms with van der Waals surface area (Å²) in [6.45, 7) is 2.97. The van der Waals surface area contributed by atoms with E-state index in [9.17, 15) is 0 Å². The fourth-order valence-electron chi connectivity index (χ4n) is 1.53. The zero-order valence-corrected chi connectivity index (χ0v) is 12.0. The fourth-order valence-corrected chi connectivity index (χ4v) is 3.33. The molecule has 0 radical (unpaired) electrons. The Balaban J connectivity index is 1.95. The molecule has 0 spiro atoms. The molecule has 0 saturated heterocycles. The molecule has 0 amide bonds. The van der Waals surface area contributed by atoms with E-state index in [4.69, 9.17) is 5.73 Å². The summed E-state index contributed by atoms with van der Waals surface area (Å²) in [5, 5.41) is 3.71. The third kappa shape index (κ3) is 3.80. The van der Waals surface area contributed by atoms with E-state index in [1.165, 1.54) is 0 Å². The second kappa shape index (κ2) is 6.87. The number of rotatable bonds is 6. The number of thiazole rings is 1. The molecule has 2 rings (SSSR count). The lowest BCUT2D eigenvalue weighted by atomic mass is 10.3. The predicted octanol–water partition coefficient (Wildman–Crippen LogP) is 3.18. The van der Waals surface area contributed by atoms with E-state index in [2.05, 4.69) is 22.3 Å². The van der Waals surface area contributed by atoms with Crippen molar-refractivity contribution in [3.8, 4) is 10.7 Å². The first-order valence-electron chi connectivity index (χ1n) is 5.97. The van der Waals surface area contributed by atoms with Crippen LogP contribution >= 0.6 is 23.1 Å². The molecule has 2 aromatic heterocycles. The molecule has 2 aromatic rings. The lowest BCUT2D eigenvalue weighted by molar-refractivity contribution is 0.822. The smallest absolute Gasteiger partial charge is 0.142 e. The SMILES string of the molecule is CC(CCN)SCc1csc(-c2ccccn2)n1. The number of nitrogens with two attached hydrogens (primary N) is 1. The van der Waals surface area contributed by atoms with Gasteiger partial charge in [-0.3, -0.25) is 4.98 Å². The Morgan fingerprint density at radius 3 is 3.06 bits per heavy atom. The van der Waals surface area contributed by atoms with Gasteiger partial charge in [0.25, 0.3) is 0 Å². The Morgan fingerprint density at radius 2 is 2.33 bits per heavy atom. The normalized spacial score (nSPS) is 12.6. The molecule has 0 aliphatic rings. The van der Waals surface area contributed by atoms with Crippen molar-refractivity contribution < 1.29 is 0 Å². The zero-order valence-electron chi connectivity index (χ0n) is 10.4. The summed E-state index contributed by atoms with van der Waals surface area (Å²) in [6.07, 6.45) is 2.86. The Hall–Kier alpha value is -0.910. The van der Waals surface area contributed by atoms with E-state index in [0.717, 1.165) is 35.1 Å². The molecule has 0 fully saturated rings. The van der Waals surface area contributed by atoms with Gasteiger partial charge in [0.15, 0.2) is 0 Å². The van der Waals surface area contributed by atoms with Crippen LogP contribution in [0.1, 0.15) is 19.0 Å². The van der Waals surface area contributed by atoms with Gasteiger partial charge < -0.3 is 5.73 Å². The standard InChI is InChI=1S/C13H17N3S2/c1-10(5-6-14)17-8-11-9-18-13(16-11)12-4-2-3-7-15-12/h2-4,7,9-10H,5-6,8,14H2,1H3. The van der Waals surface area contributed by atoms with Crippen LogP contribution in [0.15, 0.2) is 29.8 Å². The average Bonchev–Trinajstić information content (AvgIpc) is 2.87. The van der Waals surface area contributed by atoms with Crippen LogP contribution in [0.2, 0.25) is 0 Å². The Bertz CT molecular complexity index is 470. The molecule has 0 aliphatic carbocycles. The Labute approximate surface area is 116 Å². The summed E-state index contributed by atoms with van der Waals surface area (Å²) in [7, 11) is 0. The maximum Gasteiger partial charge on any atom is 0.142 e. The first-order valence-corrected chi connectivity index (χ1v) is 7.90. The Kier molecular flexibility index (Phi) is 5.16. The number of nitrogens with zero attached hydrogens (tertiary/aromatic N) is 2. The monoisotopic (exact) mass is 279 g/mol. The summed E-state index contributed by atoms with van der Waals surface area (Å²) in [5.41, 5.74) is 7.63. The van der Waals surface area contributed by atoms with Gasteiger partial charge in [-0.15, -0.1) is 11.3 Å².